The molecule has 0 aliphatic carbocycles. The third-order valence-electron chi connectivity index (χ3n) is 4.08. The van der Waals surface area contributed by atoms with E-state index < -0.39 is 0 Å². The highest BCUT2D eigenvalue weighted by atomic mass is 32.2. The van der Waals surface area contributed by atoms with Gasteiger partial charge < -0.3 is 10.6 Å². The Hall–Kier alpha value is -3.56. The molecule has 2 N–H and O–H groups in total. The molecule has 0 aliphatic rings. The van der Waals surface area contributed by atoms with Gasteiger partial charge in [0, 0.05) is 16.3 Å². The minimum atomic E-state index is -0.223. The number of nitrogens with one attached hydrogen (secondary N) is 2. The Labute approximate surface area is 173 Å². The highest BCUT2D eigenvalue weighted by molar-refractivity contribution is 8.00. The van der Waals surface area contributed by atoms with Crippen LogP contribution in [-0.2, 0) is 4.79 Å². The average Bonchev–Trinajstić information content (AvgIpc) is 2.74. The van der Waals surface area contributed by atoms with Crippen molar-refractivity contribution in [2.24, 2.45) is 0 Å². The number of anilines is 2. The molecule has 0 unspecified atom stereocenters. The molecule has 5 nitrogen and oxygen atoms in total. The van der Waals surface area contributed by atoms with Crippen LogP contribution in [0.3, 0.4) is 0 Å². The van der Waals surface area contributed by atoms with Crippen LogP contribution in [0.25, 0.3) is 0 Å². The van der Waals surface area contributed by atoms with Crippen LogP contribution in [0.5, 0.6) is 0 Å². The zero-order chi connectivity index (χ0) is 20.6. The van der Waals surface area contributed by atoms with E-state index in [0.717, 1.165) is 16.1 Å². The van der Waals surface area contributed by atoms with Crippen molar-refractivity contribution in [3.8, 4) is 6.07 Å². The van der Waals surface area contributed by atoms with Gasteiger partial charge in [-0.2, -0.15) is 5.26 Å². The zero-order valence-corrected chi connectivity index (χ0v) is 16.6. The lowest BCUT2D eigenvalue weighted by Crippen LogP contribution is -2.16. The second-order valence-electron chi connectivity index (χ2n) is 6.35. The van der Waals surface area contributed by atoms with Gasteiger partial charge in [-0.25, -0.2) is 0 Å². The first-order valence-electron chi connectivity index (χ1n) is 8.95. The minimum Gasteiger partial charge on any atom is -0.325 e. The largest absolute Gasteiger partial charge is 0.325 e. The van der Waals surface area contributed by atoms with Gasteiger partial charge in [0.1, 0.15) is 0 Å². The van der Waals surface area contributed by atoms with Gasteiger partial charge in [-0.15, -0.1) is 11.8 Å². The first kappa shape index (κ1) is 20.2. The van der Waals surface area contributed by atoms with Gasteiger partial charge >= 0.3 is 0 Å². The molecule has 2 amide bonds. The van der Waals surface area contributed by atoms with Crippen molar-refractivity contribution in [1.29, 1.82) is 5.26 Å². The summed E-state index contributed by atoms with van der Waals surface area (Å²) >= 11 is 1.29. The van der Waals surface area contributed by atoms with Crippen LogP contribution in [0.15, 0.2) is 77.7 Å². The highest BCUT2D eigenvalue weighted by Crippen LogP contribution is 2.24. The molecule has 29 heavy (non-hydrogen) atoms. The van der Waals surface area contributed by atoms with E-state index in [9.17, 15) is 9.59 Å². The standard InChI is InChI=1S/C23H19N3O2S/c1-16-9-11-18(12-10-16)26-23(28)20-7-2-3-8-21(20)29-15-22(27)25-19-6-4-5-17(13-19)14-24/h2-13H,15H2,1H3,(H,25,27)(H,26,28). The summed E-state index contributed by atoms with van der Waals surface area (Å²) in [4.78, 5) is 25.7. The third kappa shape index (κ3) is 5.71. The fourth-order valence-corrected chi connectivity index (χ4v) is 3.47. The SMILES string of the molecule is Cc1ccc(NC(=O)c2ccccc2SCC(=O)Nc2cccc(C#N)c2)cc1. The van der Waals surface area contributed by atoms with Crippen LogP contribution in [0.2, 0.25) is 0 Å². The van der Waals surface area contributed by atoms with Crippen LogP contribution in [-0.4, -0.2) is 17.6 Å². The maximum Gasteiger partial charge on any atom is 0.256 e. The summed E-state index contributed by atoms with van der Waals surface area (Å²) in [5, 5.41) is 14.6. The average molecular weight is 401 g/mol. The van der Waals surface area contributed by atoms with Crippen molar-refractivity contribution >= 4 is 35.0 Å². The number of hydrogen-bond donors (Lipinski definition) is 2. The number of carbonyl (C=O) groups is 2. The van der Waals surface area contributed by atoms with E-state index in [2.05, 4.69) is 10.6 Å². The number of rotatable bonds is 6. The van der Waals surface area contributed by atoms with Crippen LogP contribution in [0.4, 0.5) is 11.4 Å². The van der Waals surface area contributed by atoms with Crippen LogP contribution < -0.4 is 10.6 Å². The summed E-state index contributed by atoms with van der Waals surface area (Å²) in [6.45, 7) is 1.99. The Bertz CT molecular complexity index is 1070. The second-order valence-corrected chi connectivity index (χ2v) is 7.36. The lowest BCUT2D eigenvalue weighted by molar-refractivity contribution is -0.113. The molecule has 0 heterocycles. The van der Waals surface area contributed by atoms with Gasteiger partial charge in [0.15, 0.2) is 0 Å². The maximum absolute atomic E-state index is 12.7. The van der Waals surface area contributed by atoms with Crippen LogP contribution in [0, 0.1) is 18.3 Å². The summed E-state index contributed by atoms with van der Waals surface area (Å²) in [5.41, 5.74) is 3.40. The molecule has 0 saturated carbocycles. The lowest BCUT2D eigenvalue weighted by atomic mass is 10.2. The number of nitrogens with zero attached hydrogens (tertiary/aromatic N) is 1. The molecule has 0 saturated heterocycles. The van der Waals surface area contributed by atoms with Crippen molar-refractivity contribution in [2.45, 2.75) is 11.8 Å². The number of carbonyl (C=O) groups excluding carboxylic acids is 2. The molecule has 3 aromatic carbocycles. The van der Waals surface area contributed by atoms with Crippen molar-refractivity contribution in [1.82, 2.24) is 0 Å². The number of benzene rings is 3. The Morgan fingerprint density at radius 1 is 0.931 bits per heavy atom. The summed E-state index contributed by atoms with van der Waals surface area (Å²) in [5.74, 6) is -0.288. The Balaban J connectivity index is 1.64. The number of thioether (sulfide) groups is 1. The van der Waals surface area contributed by atoms with Crippen molar-refractivity contribution < 1.29 is 9.59 Å². The highest BCUT2D eigenvalue weighted by Gasteiger charge is 2.13. The quantitative estimate of drug-likeness (QED) is 0.579. The molecule has 0 aliphatic heterocycles. The first-order valence-corrected chi connectivity index (χ1v) is 9.93. The normalized spacial score (nSPS) is 10.1. The summed E-state index contributed by atoms with van der Waals surface area (Å²) in [6, 6.07) is 23.5. The van der Waals surface area contributed by atoms with Gasteiger partial charge in [0.2, 0.25) is 5.91 Å². The molecule has 0 atom stereocenters. The van der Waals surface area contributed by atoms with Crippen molar-refractivity contribution in [2.75, 3.05) is 16.4 Å². The van der Waals surface area contributed by atoms with E-state index in [-0.39, 0.29) is 17.6 Å². The van der Waals surface area contributed by atoms with E-state index in [4.69, 9.17) is 5.26 Å². The topological polar surface area (TPSA) is 82.0 Å². The molecule has 3 rings (SSSR count). The number of amides is 2. The lowest BCUT2D eigenvalue weighted by Gasteiger charge is -2.10. The molecule has 0 spiro atoms. The number of hydrogen-bond acceptors (Lipinski definition) is 4. The van der Waals surface area contributed by atoms with E-state index in [1.807, 2.05) is 49.4 Å². The van der Waals surface area contributed by atoms with Gasteiger partial charge in [-0.05, 0) is 49.4 Å². The van der Waals surface area contributed by atoms with Crippen LogP contribution in [0.1, 0.15) is 21.5 Å². The van der Waals surface area contributed by atoms with Gasteiger partial charge in [-0.3, -0.25) is 9.59 Å². The fourth-order valence-electron chi connectivity index (χ4n) is 2.62. The van der Waals surface area contributed by atoms with E-state index in [1.54, 1.807) is 36.4 Å². The van der Waals surface area contributed by atoms with Crippen molar-refractivity contribution in [3.05, 3.63) is 89.5 Å². The Morgan fingerprint density at radius 2 is 1.69 bits per heavy atom. The maximum atomic E-state index is 12.7. The zero-order valence-electron chi connectivity index (χ0n) is 15.8. The summed E-state index contributed by atoms with van der Waals surface area (Å²) in [7, 11) is 0. The summed E-state index contributed by atoms with van der Waals surface area (Å²) in [6.07, 6.45) is 0. The predicted molar refractivity (Wildman–Crippen MR) is 116 cm³/mol. The number of aryl methyl sites for hydroxylation is 1. The Kier molecular flexibility index (Phi) is 6.67. The molecule has 6 heteroatoms. The molecule has 3 aromatic rings. The van der Waals surface area contributed by atoms with Crippen molar-refractivity contribution in [3.63, 3.8) is 0 Å². The fraction of sp³-hybridized carbons (Fsp3) is 0.0870. The van der Waals surface area contributed by atoms with Gasteiger partial charge in [-0.1, -0.05) is 35.9 Å². The Morgan fingerprint density at radius 3 is 2.45 bits per heavy atom. The molecule has 0 aromatic heterocycles. The van der Waals surface area contributed by atoms with Gasteiger partial charge in [0.25, 0.3) is 5.91 Å². The minimum absolute atomic E-state index is 0.144. The molecule has 0 radical (unpaired) electrons. The van der Waals surface area contributed by atoms with E-state index in [1.165, 1.54) is 11.8 Å². The van der Waals surface area contributed by atoms with E-state index in [0.29, 0.717) is 16.8 Å². The molecule has 0 bridgehead atoms. The van der Waals surface area contributed by atoms with Gasteiger partial charge in [0.05, 0.1) is 22.9 Å². The number of nitriles is 1. The third-order valence-corrected chi connectivity index (χ3v) is 5.15. The predicted octanol–water partition coefficient (Wildman–Crippen LogP) is 4.85. The summed E-state index contributed by atoms with van der Waals surface area (Å²) < 4.78 is 0. The molecule has 0 fully saturated rings. The smallest absolute Gasteiger partial charge is 0.256 e. The molecule has 144 valence electrons. The monoisotopic (exact) mass is 401 g/mol. The molecular formula is C23H19N3O2S. The second kappa shape index (κ2) is 9.58. The van der Waals surface area contributed by atoms with E-state index >= 15 is 0 Å². The molecular weight excluding hydrogens is 382 g/mol. The first-order chi connectivity index (χ1) is 14.0. The van der Waals surface area contributed by atoms with Crippen LogP contribution >= 0.6 is 11.8 Å².